The second kappa shape index (κ2) is 5.93. The van der Waals surface area contributed by atoms with Crippen LogP contribution in [0.2, 0.25) is 0 Å². The molecular weight excluding hydrogens is 302 g/mol. The fourth-order valence-electron chi connectivity index (χ4n) is 2.39. The number of benzene rings is 1. The predicted octanol–water partition coefficient (Wildman–Crippen LogP) is 4.67. The van der Waals surface area contributed by atoms with Gasteiger partial charge in [0.1, 0.15) is 11.5 Å². The van der Waals surface area contributed by atoms with Gasteiger partial charge in [-0.3, -0.25) is 0 Å². The van der Waals surface area contributed by atoms with Crippen LogP contribution in [-0.4, -0.2) is 6.54 Å². The van der Waals surface area contributed by atoms with Crippen molar-refractivity contribution in [3.63, 3.8) is 0 Å². The minimum absolute atomic E-state index is 0.164. The molecule has 0 aliphatic carbocycles. The Balaban J connectivity index is 2.48. The molecule has 1 heterocycles. The van der Waals surface area contributed by atoms with Crippen molar-refractivity contribution in [3.05, 3.63) is 56.9 Å². The zero-order chi connectivity index (χ0) is 14.0. The van der Waals surface area contributed by atoms with E-state index in [1.807, 2.05) is 13.8 Å². The van der Waals surface area contributed by atoms with Crippen LogP contribution in [0.4, 0.5) is 0 Å². The van der Waals surface area contributed by atoms with Crippen molar-refractivity contribution >= 4 is 15.9 Å². The van der Waals surface area contributed by atoms with E-state index in [1.165, 1.54) is 16.7 Å². The molecule has 0 saturated carbocycles. The summed E-state index contributed by atoms with van der Waals surface area (Å²) in [6, 6.07) is 8.76. The molecule has 2 nitrogen and oxygen atoms in total. The Hall–Kier alpha value is -1.06. The van der Waals surface area contributed by atoms with Gasteiger partial charge in [0.05, 0.1) is 6.04 Å². The summed E-state index contributed by atoms with van der Waals surface area (Å²) < 4.78 is 6.81. The van der Waals surface area contributed by atoms with Gasteiger partial charge in [-0.25, -0.2) is 0 Å². The maximum Gasteiger partial charge on any atom is 0.106 e. The molecule has 2 rings (SSSR count). The Morgan fingerprint density at radius 1 is 1.16 bits per heavy atom. The summed E-state index contributed by atoms with van der Waals surface area (Å²) in [5.74, 6) is 1.94. The molecule has 102 valence electrons. The van der Waals surface area contributed by atoms with E-state index in [2.05, 4.69) is 59.4 Å². The van der Waals surface area contributed by atoms with Crippen LogP contribution >= 0.6 is 15.9 Å². The lowest BCUT2D eigenvalue weighted by Crippen LogP contribution is -2.22. The zero-order valence-corrected chi connectivity index (χ0v) is 13.5. The summed E-state index contributed by atoms with van der Waals surface area (Å²) in [7, 11) is 0. The Morgan fingerprint density at radius 3 is 2.42 bits per heavy atom. The van der Waals surface area contributed by atoms with Crippen molar-refractivity contribution in [3.8, 4) is 0 Å². The van der Waals surface area contributed by atoms with Crippen molar-refractivity contribution < 1.29 is 4.42 Å². The molecule has 3 heteroatoms. The van der Waals surface area contributed by atoms with Crippen LogP contribution in [0.3, 0.4) is 0 Å². The van der Waals surface area contributed by atoms with Gasteiger partial charge in [0.15, 0.2) is 0 Å². The van der Waals surface area contributed by atoms with Crippen LogP contribution in [0.25, 0.3) is 0 Å². The summed E-state index contributed by atoms with van der Waals surface area (Å²) in [6.45, 7) is 9.15. The van der Waals surface area contributed by atoms with Gasteiger partial charge >= 0.3 is 0 Å². The van der Waals surface area contributed by atoms with Gasteiger partial charge in [0.2, 0.25) is 0 Å². The Kier molecular flexibility index (Phi) is 4.48. The number of halogens is 1. The number of furan rings is 1. The van der Waals surface area contributed by atoms with Gasteiger partial charge in [-0.05, 0) is 50.6 Å². The van der Waals surface area contributed by atoms with Crippen molar-refractivity contribution in [1.82, 2.24) is 5.32 Å². The minimum Gasteiger partial charge on any atom is -0.466 e. The summed E-state index contributed by atoms with van der Waals surface area (Å²) in [6.07, 6.45) is 0. The van der Waals surface area contributed by atoms with Crippen LogP contribution in [0.1, 0.15) is 41.2 Å². The van der Waals surface area contributed by atoms with E-state index in [0.717, 1.165) is 22.5 Å². The number of hydrogen-bond donors (Lipinski definition) is 1. The van der Waals surface area contributed by atoms with Crippen LogP contribution in [0.15, 0.2) is 33.2 Å². The zero-order valence-electron chi connectivity index (χ0n) is 11.9. The fraction of sp³-hybridized carbons (Fsp3) is 0.375. The van der Waals surface area contributed by atoms with Gasteiger partial charge in [0.25, 0.3) is 0 Å². The fourth-order valence-corrected chi connectivity index (χ4v) is 3.12. The Morgan fingerprint density at radius 2 is 1.89 bits per heavy atom. The highest BCUT2D eigenvalue weighted by Crippen LogP contribution is 2.32. The highest BCUT2D eigenvalue weighted by Gasteiger charge is 2.20. The minimum atomic E-state index is 0.164. The molecule has 1 unspecified atom stereocenters. The Labute approximate surface area is 123 Å². The third-order valence-corrected chi connectivity index (χ3v) is 3.95. The second-order valence-corrected chi connectivity index (χ2v) is 5.74. The van der Waals surface area contributed by atoms with Gasteiger partial charge in [0, 0.05) is 10.0 Å². The predicted molar refractivity (Wildman–Crippen MR) is 82.6 cm³/mol. The van der Waals surface area contributed by atoms with Crippen molar-refractivity contribution in [2.24, 2.45) is 0 Å². The quantitative estimate of drug-likeness (QED) is 0.885. The standard InChI is InChI=1S/C16H20BrNO/c1-5-18-16(14-9-11(3)19-12(14)4)13-7-6-10(2)8-15(13)17/h6-9,16,18H,5H2,1-4H3. The van der Waals surface area contributed by atoms with Crippen molar-refractivity contribution in [2.75, 3.05) is 6.54 Å². The van der Waals surface area contributed by atoms with Crippen molar-refractivity contribution in [1.29, 1.82) is 0 Å². The van der Waals surface area contributed by atoms with E-state index in [-0.39, 0.29) is 6.04 Å². The monoisotopic (exact) mass is 321 g/mol. The van der Waals surface area contributed by atoms with Crippen LogP contribution in [-0.2, 0) is 0 Å². The number of hydrogen-bond acceptors (Lipinski definition) is 2. The van der Waals surface area contributed by atoms with Gasteiger partial charge < -0.3 is 9.73 Å². The highest BCUT2D eigenvalue weighted by atomic mass is 79.9. The average molecular weight is 322 g/mol. The summed E-state index contributed by atoms with van der Waals surface area (Å²) in [4.78, 5) is 0. The summed E-state index contributed by atoms with van der Waals surface area (Å²) in [5.41, 5.74) is 3.71. The molecule has 1 N–H and O–H groups in total. The van der Waals surface area contributed by atoms with E-state index >= 15 is 0 Å². The van der Waals surface area contributed by atoms with Gasteiger partial charge in [-0.2, -0.15) is 0 Å². The lowest BCUT2D eigenvalue weighted by Gasteiger charge is -2.19. The molecular formula is C16H20BrNO. The molecule has 0 fully saturated rings. The summed E-state index contributed by atoms with van der Waals surface area (Å²) >= 11 is 3.68. The maximum absolute atomic E-state index is 5.67. The third-order valence-electron chi connectivity index (χ3n) is 3.27. The lowest BCUT2D eigenvalue weighted by molar-refractivity contribution is 0.495. The second-order valence-electron chi connectivity index (χ2n) is 4.88. The largest absolute Gasteiger partial charge is 0.466 e. The van der Waals surface area contributed by atoms with Crippen LogP contribution in [0, 0.1) is 20.8 Å². The smallest absolute Gasteiger partial charge is 0.106 e. The van der Waals surface area contributed by atoms with Crippen LogP contribution in [0.5, 0.6) is 0 Å². The van der Waals surface area contributed by atoms with Crippen molar-refractivity contribution in [2.45, 2.75) is 33.7 Å². The molecule has 2 aromatic rings. The number of aryl methyl sites for hydroxylation is 3. The van der Waals surface area contributed by atoms with E-state index in [9.17, 15) is 0 Å². The van der Waals surface area contributed by atoms with E-state index in [4.69, 9.17) is 4.42 Å². The third kappa shape index (κ3) is 3.10. The number of rotatable bonds is 4. The molecule has 0 aliphatic rings. The number of nitrogens with one attached hydrogen (secondary N) is 1. The molecule has 0 saturated heterocycles. The first-order chi connectivity index (χ1) is 9.02. The van der Waals surface area contributed by atoms with Gasteiger partial charge in [-0.15, -0.1) is 0 Å². The molecule has 0 amide bonds. The summed E-state index contributed by atoms with van der Waals surface area (Å²) in [5, 5.41) is 3.54. The average Bonchev–Trinajstić information content (AvgIpc) is 2.66. The van der Waals surface area contributed by atoms with E-state index in [1.54, 1.807) is 0 Å². The van der Waals surface area contributed by atoms with Crippen LogP contribution < -0.4 is 5.32 Å². The first kappa shape index (κ1) is 14.4. The molecule has 1 aromatic carbocycles. The normalized spacial score (nSPS) is 12.7. The highest BCUT2D eigenvalue weighted by molar-refractivity contribution is 9.10. The van der Waals surface area contributed by atoms with E-state index < -0.39 is 0 Å². The first-order valence-electron chi connectivity index (χ1n) is 6.59. The lowest BCUT2D eigenvalue weighted by atomic mass is 9.98. The molecule has 0 bridgehead atoms. The van der Waals surface area contributed by atoms with Gasteiger partial charge in [-0.1, -0.05) is 35.0 Å². The molecule has 0 aliphatic heterocycles. The Bertz CT molecular complexity index is 574. The molecule has 1 atom stereocenters. The first-order valence-corrected chi connectivity index (χ1v) is 7.38. The SMILES string of the molecule is CCNC(c1ccc(C)cc1Br)c1cc(C)oc1C. The molecule has 19 heavy (non-hydrogen) atoms. The topological polar surface area (TPSA) is 25.2 Å². The molecule has 1 aromatic heterocycles. The molecule has 0 radical (unpaired) electrons. The molecule has 0 spiro atoms. The van der Waals surface area contributed by atoms with E-state index in [0.29, 0.717) is 0 Å². The maximum atomic E-state index is 5.67.